The van der Waals surface area contributed by atoms with E-state index in [1.807, 2.05) is 6.08 Å². The molecule has 1 rings (SSSR count). The maximum atomic E-state index is 8.54. The van der Waals surface area contributed by atoms with Crippen molar-refractivity contribution < 1.29 is 14.9 Å². The van der Waals surface area contributed by atoms with Gasteiger partial charge in [-0.25, -0.2) is 0 Å². The monoisotopic (exact) mass is 142 g/mol. The molecule has 1 aliphatic heterocycles. The lowest BCUT2D eigenvalue weighted by atomic mass is 10.1. The Balaban J connectivity index is 2.39. The Morgan fingerprint density at radius 3 is 2.90 bits per heavy atom. The molecule has 0 radical (unpaired) electrons. The minimum atomic E-state index is -1.26. The van der Waals surface area contributed by atoms with Gasteiger partial charge in [0.25, 0.3) is 0 Å². The first-order chi connectivity index (χ1) is 4.79. The van der Waals surface area contributed by atoms with Crippen LogP contribution in [0.5, 0.6) is 0 Å². The van der Waals surface area contributed by atoms with Crippen LogP contribution in [0.25, 0.3) is 0 Å². The molecule has 0 amide bonds. The van der Waals surface area contributed by atoms with Crippen molar-refractivity contribution in [2.24, 2.45) is 0 Å². The Bertz CT molecular complexity index is 158. The molecule has 0 saturated carbocycles. The van der Waals surface area contributed by atoms with Crippen molar-refractivity contribution in [3.05, 3.63) is 24.0 Å². The van der Waals surface area contributed by atoms with Gasteiger partial charge < -0.3 is 14.9 Å². The van der Waals surface area contributed by atoms with Gasteiger partial charge in [-0.05, 0) is 11.6 Å². The predicted molar refractivity (Wildman–Crippen MR) is 36.0 cm³/mol. The molecule has 3 nitrogen and oxygen atoms in total. The summed E-state index contributed by atoms with van der Waals surface area (Å²) in [4.78, 5) is 0. The summed E-state index contributed by atoms with van der Waals surface area (Å²) in [5.41, 5.74) is 0.900. The van der Waals surface area contributed by atoms with Gasteiger partial charge in [0.15, 0.2) is 6.29 Å². The van der Waals surface area contributed by atoms with Crippen LogP contribution < -0.4 is 0 Å². The average Bonchev–Trinajstić information content (AvgIpc) is 1.88. The zero-order chi connectivity index (χ0) is 7.40. The van der Waals surface area contributed by atoms with Gasteiger partial charge in [-0.3, -0.25) is 0 Å². The number of rotatable bonds is 2. The first kappa shape index (κ1) is 7.31. The molecule has 1 heterocycles. The zero-order valence-corrected chi connectivity index (χ0v) is 5.53. The lowest BCUT2D eigenvalue weighted by Crippen LogP contribution is -2.09. The summed E-state index contributed by atoms with van der Waals surface area (Å²) in [5.74, 6) is 0. The summed E-state index contributed by atoms with van der Waals surface area (Å²) in [6, 6.07) is 0. The summed E-state index contributed by atoms with van der Waals surface area (Å²) in [6.45, 7) is 0.466. The van der Waals surface area contributed by atoms with E-state index in [-0.39, 0.29) is 6.42 Å². The second-order valence-electron chi connectivity index (χ2n) is 2.15. The molecule has 0 atom stereocenters. The maximum Gasteiger partial charge on any atom is 0.155 e. The highest BCUT2D eigenvalue weighted by Gasteiger charge is 2.04. The molecule has 1 aliphatic rings. The number of allylic oxidation sites excluding steroid dienone is 2. The van der Waals surface area contributed by atoms with Crippen LogP contribution in [0.15, 0.2) is 24.0 Å². The van der Waals surface area contributed by atoms with E-state index < -0.39 is 6.29 Å². The third kappa shape index (κ3) is 2.21. The highest BCUT2D eigenvalue weighted by atomic mass is 16.5. The summed E-state index contributed by atoms with van der Waals surface area (Å²) in [5, 5.41) is 17.1. The topological polar surface area (TPSA) is 49.7 Å². The van der Waals surface area contributed by atoms with Crippen molar-refractivity contribution in [2.75, 3.05) is 6.61 Å². The summed E-state index contributed by atoms with van der Waals surface area (Å²) in [7, 11) is 0. The molecule has 0 unspecified atom stereocenters. The largest absolute Gasteiger partial charge is 0.497 e. The van der Waals surface area contributed by atoms with Crippen molar-refractivity contribution in [3.63, 3.8) is 0 Å². The van der Waals surface area contributed by atoms with E-state index in [9.17, 15) is 0 Å². The minimum Gasteiger partial charge on any atom is -0.497 e. The first-order valence-electron chi connectivity index (χ1n) is 3.11. The molecule has 0 spiro atoms. The van der Waals surface area contributed by atoms with Crippen molar-refractivity contribution in [1.29, 1.82) is 0 Å². The predicted octanol–water partition coefficient (Wildman–Crippen LogP) is 0.157. The minimum absolute atomic E-state index is 0.268. The molecule has 0 bridgehead atoms. The van der Waals surface area contributed by atoms with Crippen LogP contribution >= 0.6 is 0 Å². The van der Waals surface area contributed by atoms with Crippen molar-refractivity contribution in [2.45, 2.75) is 12.7 Å². The second-order valence-corrected chi connectivity index (χ2v) is 2.15. The van der Waals surface area contributed by atoms with Gasteiger partial charge >= 0.3 is 0 Å². The van der Waals surface area contributed by atoms with E-state index in [4.69, 9.17) is 14.9 Å². The van der Waals surface area contributed by atoms with Crippen LogP contribution in [-0.2, 0) is 4.74 Å². The standard InChI is InChI=1S/C7H10O3/c8-7(9)4-6-2-1-3-10-5-6/h1-3,7-9H,4-5H2. The van der Waals surface area contributed by atoms with Crippen molar-refractivity contribution in [3.8, 4) is 0 Å². The molecule has 2 N–H and O–H groups in total. The third-order valence-electron chi connectivity index (χ3n) is 1.22. The summed E-state index contributed by atoms with van der Waals surface area (Å²) in [6.07, 6.45) is 4.14. The number of hydrogen-bond donors (Lipinski definition) is 2. The maximum absolute atomic E-state index is 8.54. The van der Waals surface area contributed by atoms with E-state index in [2.05, 4.69) is 0 Å². The Morgan fingerprint density at radius 2 is 2.40 bits per heavy atom. The lowest BCUT2D eigenvalue weighted by molar-refractivity contribution is -0.0397. The Labute approximate surface area is 59.2 Å². The van der Waals surface area contributed by atoms with Crippen LogP contribution in [0, 0.1) is 0 Å². The molecule has 0 aromatic rings. The van der Waals surface area contributed by atoms with E-state index in [1.54, 1.807) is 12.3 Å². The lowest BCUT2D eigenvalue weighted by Gasteiger charge is -2.10. The Morgan fingerprint density at radius 1 is 1.60 bits per heavy atom. The zero-order valence-electron chi connectivity index (χ0n) is 5.53. The molecule has 3 heteroatoms. The normalized spacial score (nSPS) is 16.9. The fourth-order valence-corrected chi connectivity index (χ4v) is 0.796. The van der Waals surface area contributed by atoms with Gasteiger partial charge in [0.2, 0.25) is 0 Å². The fourth-order valence-electron chi connectivity index (χ4n) is 0.796. The molecular weight excluding hydrogens is 132 g/mol. The number of ether oxygens (including phenoxy) is 1. The summed E-state index contributed by atoms with van der Waals surface area (Å²) >= 11 is 0. The molecule has 0 aliphatic carbocycles. The molecule has 10 heavy (non-hydrogen) atoms. The molecule has 0 saturated heterocycles. The highest BCUT2D eigenvalue weighted by molar-refractivity contribution is 5.15. The second kappa shape index (κ2) is 3.39. The van der Waals surface area contributed by atoms with Crippen LogP contribution in [0.4, 0.5) is 0 Å². The molecule has 0 fully saturated rings. The fraction of sp³-hybridized carbons (Fsp3) is 0.429. The Hall–Kier alpha value is -0.800. The van der Waals surface area contributed by atoms with E-state index in [0.29, 0.717) is 6.61 Å². The van der Waals surface area contributed by atoms with Crippen LogP contribution in [-0.4, -0.2) is 23.1 Å². The SMILES string of the molecule is OC(O)CC1=CC=COC1. The number of hydrogen-bond acceptors (Lipinski definition) is 3. The van der Waals surface area contributed by atoms with Crippen molar-refractivity contribution in [1.82, 2.24) is 0 Å². The van der Waals surface area contributed by atoms with E-state index in [1.165, 1.54) is 0 Å². The summed E-state index contributed by atoms with van der Waals surface area (Å²) < 4.78 is 4.91. The van der Waals surface area contributed by atoms with Gasteiger partial charge in [0, 0.05) is 6.42 Å². The van der Waals surface area contributed by atoms with E-state index in [0.717, 1.165) is 5.57 Å². The van der Waals surface area contributed by atoms with Gasteiger partial charge in [-0.1, -0.05) is 6.08 Å². The van der Waals surface area contributed by atoms with E-state index >= 15 is 0 Å². The van der Waals surface area contributed by atoms with Crippen LogP contribution in [0.1, 0.15) is 6.42 Å². The molecule has 56 valence electrons. The van der Waals surface area contributed by atoms with Crippen LogP contribution in [0.2, 0.25) is 0 Å². The number of aliphatic hydroxyl groups excluding tert-OH is 1. The first-order valence-corrected chi connectivity index (χ1v) is 3.11. The smallest absolute Gasteiger partial charge is 0.155 e. The average molecular weight is 142 g/mol. The Kier molecular flexibility index (Phi) is 2.48. The van der Waals surface area contributed by atoms with Crippen LogP contribution in [0.3, 0.4) is 0 Å². The molecule has 0 aromatic heterocycles. The van der Waals surface area contributed by atoms with Gasteiger partial charge in [0.1, 0.15) is 6.61 Å². The number of aliphatic hydroxyl groups is 2. The van der Waals surface area contributed by atoms with Gasteiger partial charge in [-0.2, -0.15) is 0 Å². The van der Waals surface area contributed by atoms with Gasteiger partial charge in [-0.15, -0.1) is 0 Å². The molecular formula is C7H10O3. The quantitative estimate of drug-likeness (QED) is 0.540. The van der Waals surface area contributed by atoms with Crippen molar-refractivity contribution >= 4 is 0 Å². The third-order valence-corrected chi connectivity index (χ3v) is 1.22. The highest BCUT2D eigenvalue weighted by Crippen LogP contribution is 2.08. The molecule has 0 aromatic carbocycles. The van der Waals surface area contributed by atoms with Gasteiger partial charge in [0.05, 0.1) is 6.26 Å².